The van der Waals surface area contributed by atoms with Crippen molar-refractivity contribution in [3.8, 4) is 0 Å². The van der Waals surface area contributed by atoms with E-state index < -0.39 is 0 Å². The quantitative estimate of drug-likeness (QED) is 0.865. The molecule has 1 fully saturated rings. The molecule has 0 amide bonds. The van der Waals surface area contributed by atoms with Gasteiger partial charge in [0.25, 0.3) is 0 Å². The summed E-state index contributed by atoms with van der Waals surface area (Å²) in [5.74, 6) is 1.12. The Labute approximate surface area is 99.7 Å². The van der Waals surface area contributed by atoms with Gasteiger partial charge in [-0.3, -0.25) is 4.98 Å². The minimum atomic E-state index is 0.550. The fourth-order valence-corrected chi connectivity index (χ4v) is 2.05. The zero-order chi connectivity index (χ0) is 11.8. The minimum Gasteiger partial charge on any atom is -0.381 e. The standard InChI is InChI=1S/C12H15N5/c1-8-3-2-6-14-10(8)7-17-11(9-4-5-9)12(13)15-16-17/h2-3,6,9H,4-5,7,13H2,1H3. The molecule has 1 saturated carbocycles. The van der Waals surface area contributed by atoms with E-state index in [9.17, 15) is 0 Å². The summed E-state index contributed by atoms with van der Waals surface area (Å²) in [5.41, 5.74) is 9.13. The van der Waals surface area contributed by atoms with Gasteiger partial charge in [0.2, 0.25) is 0 Å². The number of aromatic nitrogens is 4. The van der Waals surface area contributed by atoms with Crippen molar-refractivity contribution in [2.75, 3.05) is 5.73 Å². The van der Waals surface area contributed by atoms with Gasteiger partial charge >= 0.3 is 0 Å². The predicted molar refractivity (Wildman–Crippen MR) is 64.5 cm³/mol. The van der Waals surface area contributed by atoms with Crippen LogP contribution in [0.5, 0.6) is 0 Å². The number of hydrogen-bond donors (Lipinski definition) is 1. The van der Waals surface area contributed by atoms with Gasteiger partial charge in [-0.15, -0.1) is 5.10 Å². The summed E-state index contributed by atoms with van der Waals surface area (Å²) in [7, 11) is 0. The molecule has 2 aromatic rings. The van der Waals surface area contributed by atoms with Crippen LogP contribution in [0.1, 0.15) is 35.7 Å². The topological polar surface area (TPSA) is 69.6 Å². The van der Waals surface area contributed by atoms with Crippen LogP contribution in [0.2, 0.25) is 0 Å². The highest BCUT2D eigenvalue weighted by Crippen LogP contribution is 2.42. The average molecular weight is 229 g/mol. The van der Waals surface area contributed by atoms with Crippen molar-refractivity contribution in [1.82, 2.24) is 20.0 Å². The average Bonchev–Trinajstić information content (AvgIpc) is 3.08. The van der Waals surface area contributed by atoms with Gasteiger partial charge in [0.05, 0.1) is 17.9 Å². The summed E-state index contributed by atoms with van der Waals surface area (Å²) in [6.07, 6.45) is 4.19. The lowest BCUT2D eigenvalue weighted by molar-refractivity contribution is 0.608. The number of hydrogen-bond acceptors (Lipinski definition) is 4. The summed E-state index contributed by atoms with van der Waals surface area (Å²) in [5, 5.41) is 8.08. The molecule has 0 spiro atoms. The molecule has 1 aliphatic rings. The lowest BCUT2D eigenvalue weighted by atomic mass is 10.2. The molecule has 0 aromatic carbocycles. The number of nitrogens with two attached hydrogens (primary N) is 1. The molecule has 1 aliphatic carbocycles. The van der Waals surface area contributed by atoms with Crippen LogP contribution >= 0.6 is 0 Å². The van der Waals surface area contributed by atoms with E-state index in [-0.39, 0.29) is 0 Å². The molecule has 0 radical (unpaired) electrons. The van der Waals surface area contributed by atoms with Crippen molar-refractivity contribution in [2.45, 2.75) is 32.2 Å². The van der Waals surface area contributed by atoms with Crippen LogP contribution in [-0.4, -0.2) is 20.0 Å². The van der Waals surface area contributed by atoms with E-state index in [2.05, 4.69) is 28.3 Å². The van der Waals surface area contributed by atoms with Crippen LogP contribution in [0.4, 0.5) is 5.82 Å². The largest absolute Gasteiger partial charge is 0.381 e. The van der Waals surface area contributed by atoms with E-state index in [1.807, 2.05) is 10.7 Å². The van der Waals surface area contributed by atoms with E-state index in [1.165, 1.54) is 18.4 Å². The smallest absolute Gasteiger partial charge is 0.169 e. The van der Waals surface area contributed by atoms with Crippen molar-refractivity contribution in [3.05, 3.63) is 35.3 Å². The molecule has 0 bridgehead atoms. The van der Waals surface area contributed by atoms with Gasteiger partial charge in [-0.2, -0.15) is 0 Å². The SMILES string of the molecule is Cc1cccnc1Cn1nnc(N)c1C1CC1. The fourth-order valence-electron chi connectivity index (χ4n) is 2.05. The van der Waals surface area contributed by atoms with Crippen molar-refractivity contribution < 1.29 is 0 Å². The highest BCUT2D eigenvalue weighted by Gasteiger charge is 2.30. The normalized spacial score (nSPS) is 15.1. The molecule has 88 valence electrons. The first-order chi connectivity index (χ1) is 8.25. The van der Waals surface area contributed by atoms with Crippen molar-refractivity contribution >= 4 is 5.82 Å². The molecule has 0 unspecified atom stereocenters. The second-order valence-corrected chi connectivity index (χ2v) is 4.56. The van der Waals surface area contributed by atoms with E-state index in [1.54, 1.807) is 6.20 Å². The molecule has 0 atom stereocenters. The number of nitrogen functional groups attached to an aromatic ring is 1. The van der Waals surface area contributed by atoms with E-state index in [4.69, 9.17) is 5.73 Å². The molecular formula is C12H15N5. The summed E-state index contributed by atoms with van der Waals surface area (Å²) in [6.45, 7) is 2.71. The lowest BCUT2D eigenvalue weighted by Gasteiger charge is -2.07. The molecule has 5 heteroatoms. The summed E-state index contributed by atoms with van der Waals surface area (Å²) in [6, 6.07) is 4.00. The van der Waals surface area contributed by atoms with Gasteiger partial charge in [0, 0.05) is 12.1 Å². The Morgan fingerprint density at radius 1 is 1.47 bits per heavy atom. The first-order valence-electron chi connectivity index (χ1n) is 5.85. The number of rotatable bonds is 3. The molecule has 2 aromatic heterocycles. The van der Waals surface area contributed by atoms with E-state index >= 15 is 0 Å². The van der Waals surface area contributed by atoms with Crippen LogP contribution < -0.4 is 5.73 Å². The van der Waals surface area contributed by atoms with Crippen LogP contribution in [0, 0.1) is 6.92 Å². The maximum absolute atomic E-state index is 5.86. The maximum Gasteiger partial charge on any atom is 0.169 e. The Balaban J connectivity index is 1.93. The highest BCUT2D eigenvalue weighted by molar-refractivity contribution is 5.38. The Morgan fingerprint density at radius 2 is 2.29 bits per heavy atom. The van der Waals surface area contributed by atoms with E-state index in [0.717, 1.165) is 11.4 Å². The summed E-state index contributed by atoms with van der Waals surface area (Å²) >= 11 is 0. The first-order valence-corrected chi connectivity index (χ1v) is 5.85. The third-order valence-electron chi connectivity index (χ3n) is 3.18. The maximum atomic E-state index is 5.86. The highest BCUT2D eigenvalue weighted by atomic mass is 15.4. The second-order valence-electron chi connectivity index (χ2n) is 4.56. The summed E-state index contributed by atoms with van der Waals surface area (Å²) < 4.78 is 1.89. The van der Waals surface area contributed by atoms with Gasteiger partial charge in [-0.25, -0.2) is 4.68 Å². The Bertz CT molecular complexity index is 542. The number of aryl methyl sites for hydroxylation is 1. The van der Waals surface area contributed by atoms with Crippen molar-refractivity contribution in [1.29, 1.82) is 0 Å². The zero-order valence-corrected chi connectivity index (χ0v) is 9.80. The van der Waals surface area contributed by atoms with E-state index in [0.29, 0.717) is 18.3 Å². The predicted octanol–water partition coefficient (Wildman–Crippen LogP) is 1.49. The molecule has 0 saturated heterocycles. The molecule has 5 nitrogen and oxygen atoms in total. The number of nitrogens with zero attached hydrogens (tertiary/aromatic N) is 4. The fraction of sp³-hybridized carbons (Fsp3) is 0.417. The Hall–Kier alpha value is -1.91. The molecule has 17 heavy (non-hydrogen) atoms. The van der Waals surface area contributed by atoms with Gasteiger partial charge in [-0.1, -0.05) is 11.3 Å². The second kappa shape index (κ2) is 3.84. The third-order valence-corrected chi connectivity index (χ3v) is 3.18. The monoisotopic (exact) mass is 229 g/mol. The first kappa shape index (κ1) is 10.3. The van der Waals surface area contributed by atoms with Crippen molar-refractivity contribution in [2.24, 2.45) is 0 Å². The van der Waals surface area contributed by atoms with Gasteiger partial charge < -0.3 is 5.73 Å². The van der Waals surface area contributed by atoms with Gasteiger partial charge in [0.1, 0.15) is 0 Å². The Morgan fingerprint density at radius 3 is 3.00 bits per heavy atom. The molecular weight excluding hydrogens is 214 g/mol. The lowest BCUT2D eigenvalue weighted by Crippen LogP contribution is -2.09. The van der Waals surface area contributed by atoms with Gasteiger partial charge in [0.15, 0.2) is 5.82 Å². The molecule has 3 rings (SSSR count). The summed E-state index contributed by atoms with van der Waals surface area (Å²) in [4.78, 5) is 4.37. The van der Waals surface area contributed by atoms with Gasteiger partial charge in [-0.05, 0) is 31.4 Å². The number of pyridine rings is 1. The van der Waals surface area contributed by atoms with Crippen LogP contribution in [0.15, 0.2) is 18.3 Å². The molecule has 2 N–H and O–H groups in total. The van der Waals surface area contributed by atoms with Crippen LogP contribution in [-0.2, 0) is 6.54 Å². The minimum absolute atomic E-state index is 0.550. The third kappa shape index (κ3) is 1.88. The van der Waals surface area contributed by atoms with Crippen LogP contribution in [0.3, 0.4) is 0 Å². The molecule has 0 aliphatic heterocycles. The Kier molecular flexibility index (Phi) is 2.31. The number of anilines is 1. The molecule has 2 heterocycles. The van der Waals surface area contributed by atoms with Crippen LogP contribution in [0.25, 0.3) is 0 Å². The van der Waals surface area contributed by atoms with Crippen molar-refractivity contribution in [3.63, 3.8) is 0 Å². The zero-order valence-electron chi connectivity index (χ0n) is 9.80.